The molecule has 0 radical (unpaired) electrons. The smallest absolute Gasteiger partial charge is 0.295 e. The molecule has 2 aromatic rings. The van der Waals surface area contributed by atoms with Gasteiger partial charge in [-0.25, -0.2) is 0 Å². The topological polar surface area (TPSA) is 92.9 Å². The minimum absolute atomic E-state index is 0.0693. The lowest BCUT2D eigenvalue weighted by atomic mass is 9.95. The van der Waals surface area contributed by atoms with E-state index in [1.165, 1.54) is 4.90 Å². The van der Waals surface area contributed by atoms with Gasteiger partial charge in [-0.3, -0.25) is 9.59 Å². The van der Waals surface area contributed by atoms with Crippen molar-refractivity contribution in [1.82, 2.24) is 4.90 Å². The van der Waals surface area contributed by atoms with Gasteiger partial charge in [0.25, 0.3) is 11.7 Å². The second-order valence-corrected chi connectivity index (χ2v) is 5.92. The Bertz CT molecular complexity index is 844. The van der Waals surface area contributed by atoms with Crippen LogP contribution in [0.25, 0.3) is 5.76 Å². The molecule has 6 nitrogen and oxygen atoms in total. The van der Waals surface area contributed by atoms with Crippen LogP contribution in [0, 0.1) is 0 Å². The highest BCUT2D eigenvalue weighted by Crippen LogP contribution is 2.39. The molecule has 1 fully saturated rings. The van der Waals surface area contributed by atoms with Gasteiger partial charge < -0.3 is 20.5 Å². The maximum Gasteiger partial charge on any atom is 0.295 e. The standard InChI is InChI=1S/C20H20N2O4/c1-26-15-9-7-13(8-10-15)17-16(18(23)14-5-3-2-4-6-14)19(24)20(25)22(17)12-11-21/h2-10,17,23H,11-12,21H2,1H3/b18-16+. The lowest BCUT2D eigenvalue weighted by Crippen LogP contribution is -2.34. The van der Waals surface area contributed by atoms with Crippen LogP contribution < -0.4 is 10.5 Å². The minimum Gasteiger partial charge on any atom is -0.507 e. The monoisotopic (exact) mass is 352 g/mol. The van der Waals surface area contributed by atoms with Gasteiger partial charge in [-0.05, 0) is 17.7 Å². The molecule has 2 aromatic carbocycles. The first-order chi connectivity index (χ1) is 12.6. The zero-order chi connectivity index (χ0) is 18.7. The van der Waals surface area contributed by atoms with Crippen molar-refractivity contribution in [2.75, 3.05) is 20.2 Å². The molecule has 1 aliphatic rings. The molecular formula is C20H20N2O4. The van der Waals surface area contributed by atoms with E-state index in [0.29, 0.717) is 16.9 Å². The Morgan fingerprint density at radius 2 is 1.77 bits per heavy atom. The molecule has 0 bridgehead atoms. The number of nitrogens with zero attached hydrogens (tertiary/aromatic N) is 1. The lowest BCUT2D eigenvalue weighted by Gasteiger charge is -2.24. The Morgan fingerprint density at radius 1 is 1.12 bits per heavy atom. The third-order valence-corrected chi connectivity index (χ3v) is 4.39. The summed E-state index contributed by atoms with van der Waals surface area (Å²) in [5, 5.41) is 10.8. The van der Waals surface area contributed by atoms with Crippen molar-refractivity contribution in [1.29, 1.82) is 0 Å². The van der Waals surface area contributed by atoms with Crippen LogP contribution in [-0.2, 0) is 9.59 Å². The van der Waals surface area contributed by atoms with Gasteiger partial charge in [0.2, 0.25) is 0 Å². The first-order valence-electron chi connectivity index (χ1n) is 8.26. The number of aliphatic hydroxyl groups excluding tert-OH is 1. The number of nitrogens with two attached hydrogens (primary N) is 1. The molecule has 1 aliphatic heterocycles. The molecule has 1 amide bonds. The molecule has 26 heavy (non-hydrogen) atoms. The molecule has 0 aromatic heterocycles. The predicted molar refractivity (Wildman–Crippen MR) is 97.5 cm³/mol. The second kappa shape index (κ2) is 7.41. The van der Waals surface area contributed by atoms with E-state index in [2.05, 4.69) is 0 Å². The van der Waals surface area contributed by atoms with Gasteiger partial charge in [-0.2, -0.15) is 0 Å². The SMILES string of the molecule is COc1ccc(C2/C(=C(\O)c3ccccc3)C(=O)C(=O)N2CCN)cc1. The highest BCUT2D eigenvalue weighted by molar-refractivity contribution is 6.46. The Kier molecular flexibility index (Phi) is 5.04. The second-order valence-electron chi connectivity index (χ2n) is 5.92. The van der Waals surface area contributed by atoms with Crippen LogP contribution in [0.3, 0.4) is 0 Å². The number of ether oxygens (including phenoxy) is 1. The number of Topliss-reactive ketones (excluding diaryl/α,β-unsaturated/α-hetero) is 1. The predicted octanol–water partition coefficient (Wildman–Crippen LogP) is 2.08. The van der Waals surface area contributed by atoms with Crippen molar-refractivity contribution < 1.29 is 19.4 Å². The zero-order valence-electron chi connectivity index (χ0n) is 14.4. The molecule has 6 heteroatoms. The average molecular weight is 352 g/mol. The van der Waals surface area contributed by atoms with Gasteiger partial charge in [0.15, 0.2) is 0 Å². The average Bonchev–Trinajstić information content (AvgIpc) is 2.93. The molecule has 0 spiro atoms. The van der Waals surface area contributed by atoms with Crippen LogP contribution in [-0.4, -0.2) is 41.9 Å². The summed E-state index contributed by atoms with van der Waals surface area (Å²) < 4.78 is 5.16. The minimum atomic E-state index is -0.708. The molecule has 1 heterocycles. The highest BCUT2D eigenvalue weighted by atomic mass is 16.5. The summed E-state index contributed by atoms with van der Waals surface area (Å²) in [4.78, 5) is 26.5. The maximum absolute atomic E-state index is 12.6. The lowest BCUT2D eigenvalue weighted by molar-refractivity contribution is -0.139. The van der Waals surface area contributed by atoms with Gasteiger partial charge in [-0.15, -0.1) is 0 Å². The van der Waals surface area contributed by atoms with E-state index in [4.69, 9.17) is 10.5 Å². The van der Waals surface area contributed by atoms with Gasteiger partial charge in [-0.1, -0.05) is 42.5 Å². The summed E-state index contributed by atoms with van der Waals surface area (Å²) in [6, 6.07) is 15.1. The van der Waals surface area contributed by atoms with Crippen LogP contribution in [0.15, 0.2) is 60.2 Å². The first kappa shape index (κ1) is 17.7. The van der Waals surface area contributed by atoms with E-state index in [-0.39, 0.29) is 24.4 Å². The zero-order valence-corrected chi connectivity index (χ0v) is 14.4. The molecular weight excluding hydrogens is 332 g/mol. The fourth-order valence-corrected chi connectivity index (χ4v) is 3.13. The fraction of sp³-hybridized carbons (Fsp3) is 0.200. The Morgan fingerprint density at radius 3 is 2.35 bits per heavy atom. The molecule has 3 N–H and O–H groups in total. The third kappa shape index (κ3) is 3.07. The van der Waals surface area contributed by atoms with Gasteiger partial charge in [0.1, 0.15) is 11.5 Å². The van der Waals surface area contributed by atoms with E-state index in [0.717, 1.165) is 0 Å². The number of aliphatic hydroxyl groups is 1. The van der Waals surface area contributed by atoms with E-state index in [1.54, 1.807) is 55.6 Å². The number of hydrogen-bond donors (Lipinski definition) is 2. The number of ketones is 1. The number of benzene rings is 2. The number of carbonyl (C=O) groups excluding carboxylic acids is 2. The number of carbonyl (C=O) groups is 2. The number of rotatable bonds is 5. The molecule has 3 rings (SSSR count). The van der Waals surface area contributed by atoms with Crippen LogP contribution in [0.5, 0.6) is 5.75 Å². The van der Waals surface area contributed by atoms with Crippen molar-refractivity contribution >= 4 is 17.4 Å². The van der Waals surface area contributed by atoms with Crippen LogP contribution in [0.2, 0.25) is 0 Å². The van der Waals surface area contributed by atoms with Crippen LogP contribution in [0.1, 0.15) is 17.2 Å². The van der Waals surface area contributed by atoms with E-state index in [1.807, 2.05) is 6.07 Å². The Balaban J connectivity index is 2.15. The fourth-order valence-electron chi connectivity index (χ4n) is 3.13. The number of methoxy groups -OCH3 is 1. The number of hydrogen-bond acceptors (Lipinski definition) is 5. The summed E-state index contributed by atoms with van der Waals surface area (Å²) in [5.41, 5.74) is 6.89. The van der Waals surface area contributed by atoms with Crippen LogP contribution >= 0.6 is 0 Å². The normalized spacial score (nSPS) is 19.0. The van der Waals surface area contributed by atoms with Crippen molar-refractivity contribution in [3.63, 3.8) is 0 Å². The summed E-state index contributed by atoms with van der Waals surface area (Å²) in [5.74, 6) is -0.897. The molecule has 134 valence electrons. The van der Waals surface area contributed by atoms with Crippen molar-refractivity contribution in [2.45, 2.75) is 6.04 Å². The largest absolute Gasteiger partial charge is 0.507 e. The molecule has 1 saturated heterocycles. The van der Waals surface area contributed by atoms with Gasteiger partial charge >= 0.3 is 0 Å². The van der Waals surface area contributed by atoms with Crippen molar-refractivity contribution in [2.24, 2.45) is 5.73 Å². The molecule has 0 saturated carbocycles. The van der Waals surface area contributed by atoms with Crippen LogP contribution in [0.4, 0.5) is 0 Å². The Labute approximate surface area is 151 Å². The summed E-state index contributed by atoms with van der Waals surface area (Å²) in [7, 11) is 1.56. The first-order valence-corrected chi connectivity index (χ1v) is 8.26. The molecule has 1 atom stereocenters. The van der Waals surface area contributed by atoms with Crippen molar-refractivity contribution in [3.05, 3.63) is 71.3 Å². The van der Waals surface area contributed by atoms with Gasteiger partial charge in [0.05, 0.1) is 18.7 Å². The van der Waals surface area contributed by atoms with E-state index < -0.39 is 17.7 Å². The number of amides is 1. The number of likely N-dealkylation sites (tertiary alicyclic amines) is 1. The Hall–Kier alpha value is -3.12. The quantitative estimate of drug-likeness (QED) is 0.488. The molecule has 1 unspecified atom stereocenters. The summed E-state index contributed by atoms with van der Waals surface area (Å²) in [6.07, 6.45) is 0. The van der Waals surface area contributed by atoms with Gasteiger partial charge in [0, 0.05) is 18.7 Å². The third-order valence-electron chi connectivity index (χ3n) is 4.39. The summed E-state index contributed by atoms with van der Waals surface area (Å²) in [6.45, 7) is 0.428. The van der Waals surface area contributed by atoms with Crippen molar-refractivity contribution in [3.8, 4) is 5.75 Å². The maximum atomic E-state index is 12.6. The molecule has 0 aliphatic carbocycles. The summed E-state index contributed by atoms with van der Waals surface area (Å²) >= 11 is 0. The highest BCUT2D eigenvalue weighted by Gasteiger charge is 2.45. The van der Waals surface area contributed by atoms with E-state index >= 15 is 0 Å². The van der Waals surface area contributed by atoms with E-state index in [9.17, 15) is 14.7 Å².